The molecule has 128 valence electrons. The second kappa shape index (κ2) is 8.87. The van der Waals surface area contributed by atoms with Crippen molar-refractivity contribution in [2.75, 3.05) is 33.7 Å². The van der Waals surface area contributed by atoms with Crippen LogP contribution in [0.3, 0.4) is 0 Å². The summed E-state index contributed by atoms with van der Waals surface area (Å²) in [5, 5.41) is 2.95. The highest BCUT2D eigenvalue weighted by Crippen LogP contribution is 2.20. The summed E-state index contributed by atoms with van der Waals surface area (Å²) in [6, 6.07) is 7.04. The fourth-order valence-corrected chi connectivity index (χ4v) is 3.08. The molecule has 1 aliphatic heterocycles. The lowest BCUT2D eigenvalue weighted by Gasteiger charge is -2.36. The van der Waals surface area contributed by atoms with Crippen molar-refractivity contribution in [2.45, 2.75) is 38.1 Å². The first-order chi connectivity index (χ1) is 11.1. The number of amides is 2. The van der Waals surface area contributed by atoms with Crippen LogP contribution in [0.25, 0.3) is 0 Å². The summed E-state index contributed by atoms with van der Waals surface area (Å²) < 4.78 is 13.6. The van der Waals surface area contributed by atoms with Gasteiger partial charge < -0.3 is 15.1 Å². The number of carbonyl (C=O) groups is 1. The van der Waals surface area contributed by atoms with Gasteiger partial charge >= 0.3 is 6.03 Å². The molecule has 0 aliphatic carbocycles. The molecular weight excluding hydrogens is 293 g/mol. The van der Waals surface area contributed by atoms with Gasteiger partial charge in [-0.3, -0.25) is 0 Å². The van der Waals surface area contributed by atoms with Crippen LogP contribution in [0.4, 0.5) is 9.18 Å². The number of piperidine rings is 1. The first-order valence-electron chi connectivity index (χ1n) is 8.50. The summed E-state index contributed by atoms with van der Waals surface area (Å²) in [5.74, 6) is -0.205. The quantitative estimate of drug-likeness (QED) is 0.874. The number of nitrogens with zero attached hydrogens (tertiary/aromatic N) is 2. The number of nitrogens with one attached hydrogen (secondary N) is 1. The maximum atomic E-state index is 13.6. The lowest BCUT2D eigenvalue weighted by Crippen LogP contribution is -2.49. The minimum atomic E-state index is -0.205. The van der Waals surface area contributed by atoms with E-state index in [2.05, 4.69) is 24.3 Å². The maximum absolute atomic E-state index is 13.6. The summed E-state index contributed by atoms with van der Waals surface area (Å²) in [6.07, 6.45) is 4.87. The molecule has 23 heavy (non-hydrogen) atoms. The van der Waals surface area contributed by atoms with E-state index in [0.29, 0.717) is 24.6 Å². The van der Waals surface area contributed by atoms with Gasteiger partial charge in [-0.1, -0.05) is 18.2 Å². The van der Waals surface area contributed by atoms with Crippen molar-refractivity contribution in [2.24, 2.45) is 0 Å². The van der Waals surface area contributed by atoms with Gasteiger partial charge in [0.15, 0.2) is 0 Å². The van der Waals surface area contributed by atoms with Crippen molar-refractivity contribution in [3.05, 3.63) is 35.6 Å². The lowest BCUT2D eigenvalue weighted by atomic mass is 9.99. The SMILES string of the molecule is CN(C)CCC1CCCCN1C(=O)NCCc1ccccc1F. The first-order valence-corrected chi connectivity index (χ1v) is 8.50. The number of rotatable bonds is 6. The zero-order valence-corrected chi connectivity index (χ0v) is 14.2. The van der Waals surface area contributed by atoms with Crippen molar-refractivity contribution in [3.8, 4) is 0 Å². The van der Waals surface area contributed by atoms with Crippen LogP contribution in [0.5, 0.6) is 0 Å². The second-order valence-electron chi connectivity index (χ2n) is 6.51. The molecule has 2 rings (SSSR count). The van der Waals surface area contributed by atoms with E-state index in [1.807, 2.05) is 11.0 Å². The van der Waals surface area contributed by atoms with Crippen molar-refractivity contribution in [1.29, 1.82) is 0 Å². The zero-order chi connectivity index (χ0) is 16.7. The average molecular weight is 321 g/mol. The lowest BCUT2D eigenvalue weighted by molar-refractivity contribution is 0.141. The third kappa shape index (κ3) is 5.50. The number of hydrogen-bond donors (Lipinski definition) is 1. The number of carbonyl (C=O) groups excluding carboxylic acids is 1. The highest BCUT2D eigenvalue weighted by molar-refractivity contribution is 5.74. The van der Waals surface area contributed by atoms with Crippen LogP contribution in [0.2, 0.25) is 0 Å². The van der Waals surface area contributed by atoms with E-state index in [4.69, 9.17) is 0 Å². The molecule has 2 amide bonds. The Morgan fingerprint density at radius 2 is 2.13 bits per heavy atom. The minimum absolute atomic E-state index is 0.00945. The molecule has 1 heterocycles. The monoisotopic (exact) mass is 321 g/mol. The normalized spacial score (nSPS) is 18.3. The Morgan fingerprint density at radius 1 is 1.35 bits per heavy atom. The molecule has 1 aromatic rings. The Balaban J connectivity index is 1.81. The predicted molar refractivity (Wildman–Crippen MR) is 91.0 cm³/mol. The Hall–Kier alpha value is -1.62. The van der Waals surface area contributed by atoms with Crippen LogP contribution >= 0.6 is 0 Å². The first kappa shape index (κ1) is 17.7. The van der Waals surface area contributed by atoms with Crippen LogP contribution in [-0.2, 0) is 6.42 Å². The third-order valence-corrected chi connectivity index (χ3v) is 4.43. The Labute approximate surface area is 138 Å². The van der Waals surface area contributed by atoms with Crippen LogP contribution < -0.4 is 5.32 Å². The van der Waals surface area contributed by atoms with Gasteiger partial charge in [-0.05, 0) is 64.4 Å². The van der Waals surface area contributed by atoms with Gasteiger partial charge in [0.1, 0.15) is 5.82 Å². The number of halogens is 1. The van der Waals surface area contributed by atoms with E-state index in [9.17, 15) is 9.18 Å². The van der Waals surface area contributed by atoms with E-state index in [1.54, 1.807) is 12.1 Å². The average Bonchev–Trinajstić information content (AvgIpc) is 2.55. The molecule has 0 radical (unpaired) electrons. The Kier molecular flexibility index (Phi) is 6.84. The molecule has 1 unspecified atom stereocenters. The highest BCUT2D eigenvalue weighted by Gasteiger charge is 2.26. The molecule has 0 aromatic heterocycles. The topological polar surface area (TPSA) is 35.6 Å². The summed E-state index contributed by atoms with van der Waals surface area (Å²) in [4.78, 5) is 16.6. The molecule has 1 aliphatic rings. The minimum Gasteiger partial charge on any atom is -0.338 e. The summed E-state index contributed by atoms with van der Waals surface area (Å²) in [5.41, 5.74) is 0.649. The number of hydrogen-bond acceptors (Lipinski definition) is 2. The van der Waals surface area contributed by atoms with Gasteiger partial charge in [0.05, 0.1) is 0 Å². The largest absolute Gasteiger partial charge is 0.338 e. The Bertz CT molecular complexity index is 507. The van der Waals surface area contributed by atoms with E-state index in [1.165, 1.54) is 12.5 Å². The van der Waals surface area contributed by atoms with E-state index < -0.39 is 0 Å². The molecule has 0 bridgehead atoms. The fraction of sp³-hybridized carbons (Fsp3) is 0.611. The smallest absolute Gasteiger partial charge is 0.317 e. The maximum Gasteiger partial charge on any atom is 0.317 e. The summed E-state index contributed by atoms with van der Waals surface area (Å²) >= 11 is 0. The van der Waals surface area contributed by atoms with Crippen LogP contribution in [0.15, 0.2) is 24.3 Å². The van der Waals surface area contributed by atoms with Crippen LogP contribution in [0, 0.1) is 5.82 Å². The third-order valence-electron chi connectivity index (χ3n) is 4.43. The van der Waals surface area contributed by atoms with Crippen molar-refractivity contribution in [3.63, 3.8) is 0 Å². The molecule has 5 heteroatoms. The predicted octanol–water partition coefficient (Wildman–Crippen LogP) is 2.88. The van der Waals surface area contributed by atoms with Crippen molar-refractivity contribution >= 4 is 6.03 Å². The van der Waals surface area contributed by atoms with E-state index >= 15 is 0 Å². The molecule has 0 spiro atoms. The number of urea groups is 1. The van der Waals surface area contributed by atoms with Gasteiger partial charge in [0.2, 0.25) is 0 Å². The van der Waals surface area contributed by atoms with Gasteiger partial charge in [0.25, 0.3) is 0 Å². The molecular formula is C18H28FN3O. The van der Waals surface area contributed by atoms with Crippen molar-refractivity contribution < 1.29 is 9.18 Å². The van der Waals surface area contributed by atoms with E-state index in [-0.39, 0.29) is 11.8 Å². The second-order valence-corrected chi connectivity index (χ2v) is 6.51. The number of likely N-dealkylation sites (tertiary alicyclic amines) is 1. The summed E-state index contributed by atoms with van der Waals surface area (Å²) in [7, 11) is 4.11. The Morgan fingerprint density at radius 3 is 2.87 bits per heavy atom. The molecule has 1 fully saturated rings. The molecule has 1 aromatic carbocycles. The molecule has 1 atom stereocenters. The zero-order valence-electron chi connectivity index (χ0n) is 14.2. The van der Waals surface area contributed by atoms with Gasteiger partial charge in [-0.2, -0.15) is 0 Å². The molecule has 0 saturated carbocycles. The standard InChI is InChI=1S/C18H28FN3O/c1-21(2)14-11-16-8-5-6-13-22(16)18(23)20-12-10-15-7-3-4-9-17(15)19/h3-4,7,9,16H,5-6,8,10-14H2,1-2H3,(H,20,23). The van der Waals surface area contributed by atoms with Gasteiger partial charge in [0, 0.05) is 19.1 Å². The highest BCUT2D eigenvalue weighted by atomic mass is 19.1. The van der Waals surface area contributed by atoms with Crippen molar-refractivity contribution in [1.82, 2.24) is 15.1 Å². The molecule has 4 nitrogen and oxygen atoms in total. The van der Waals surface area contributed by atoms with E-state index in [0.717, 1.165) is 32.4 Å². The van der Waals surface area contributed by atoms with Crippen LogP contribution in [0.1, 0.15) is 31.2 Å². The van der Waals surface area contributed by atoms with Gasteiger partial charge in [-0.25, -0.2) is 9.18 Å². The number of benzene rings is 1. The summed E-state index contributed by atoms with van der Waals surface area (Å²) in [6.45, 7) is 2.28. The molecule has 1 saturated heterocycles. The molecule has 1 N–H and O–H groups in total. The van der Waals surface area contributed by atoms with Crippen LogP contribution in [-0.4, -0.2) is 55.6 Å². The fourth-order valence-electron chi connectivity index (χ4n) is 3.08. The van der Waals surface area contributed by atoms with Gasteiger partial charge in [-0.15, -0.1) is 0 Å².